The monoisotopic (exact) mass is 465 g/mol. The van der Waals surface area contributed by atoms with Crippen LogP contribution in [0.5, 0.6) is 5.75 Å². The van der Waals surface area contributed by atoms with Gasteiger partial charge >= 0.3 is 0 Å². The number of carbonyl (C=O) groups is 1. The first-order valence-electron chi connectivity index (χ1n) is 9.80. The average Bonchev–Trinajstić information content (AvgIpc) is 3.27. The van der Waals surface area contributed by atoms with Gasteiger partial charge in [-0.25, -0.2) is 0 Å². The van der Waals surface area contributed by atoms with E-state index in [4.69, 9.17) is 20.8 Å². The first-order chi connectivity index (χ1) is 15.5. The maximum Gasteiger partial charge on any atom is 0.277 e. The number of aromatic nitrogens is 2. The van der Waals surface area contributed by atoms with E-state index in [1.165, 1.54) is 11.8 Å². The summed E-state index contributed by atoms with van der Waals surface area (Å²) in [5.74, 6) is 0.692. The van der Waals surface area contributed by atoms with Gasteiger partial charge in [-0.2, -0.15) is 0 Å². The summed E-state index contributed by atoms with van der Waals surface area (Å²) in [6, 6.07) is 22.2. The summed E-state index contributed by atoms with van der Waals surface area (Å²) in [5, 5.41) is 11.4. The van der Waals surface area contributed by atoms with E-state index >= 15 is 0 Å². The summed E-state index contributed by atoms with van der Waals surface area (Å²) in [5.41, 5.74) is 3.13. The van der Waals surface area contributed by atoms with Gasteiger partial charge in [0.2, 0.25) is 11.8 Å². The molecule has 8 heteroatoms. The molecular weight excluding hydrogens is 446 g/mol. The zero-order valence-electron chi connectivity index (χ0n) is 17.4. The number of halogens is 1. The van der Waals surface area contributed by atoms with E-state index in [1.54, 1.807) is 19.2 Å². The van der Waals surface area contributed by atoms with Gasteiger partial charge < -0.3 is 14.5 Å². The Bertz CT molecular complexity index is 1230. The molecule has 0 aliphatic carbocycles. The molecule has 1 atom stereocenters. The van der Waals surface area contributed by atoms with Crippen LogP contribution in [0.1, 0.15) is 16.4 Å². The Hall–Kier alpha value is -3.29. The van der Waals surface area contributed by atoms with Crippen LogP contribution in [-0.4, -0.2) is 23.2 Å². The molecule has 1 aromatic heterocycles. The minimum absolute atomic E-state index is 0.229. The molecule has 0 saturated heterocycles. The minimum atomic E-state index is -0.617. The van der Waals surface area contributed by atoms with Gasteiger partial charge in [-0.15, -0.1) is 10.2 Å². The molecule has 162 valence electrons. The Balaban J connectivity index is 1.61. The van der Waals surface area contributed by atoms with Crippen LogP contribution in [0.25, 0.3) is 11.5 Å². The molecule has 4 rings (SSSR count). The molecule has 1 N–H and O–H groups in total. The molecule has 4 aromatic rings. The molecule has 0 radical (unpaired) electrons. The fourth-order valence-corrected chi connectivity index (χ4v) is 4.18. The lowest BCUT2D eigenvalue weighted by molar-refractivity contribution is -0.115. The highest BCUT2D eigenvalue weighted by molar-refractivity contribution is 8.00. The second kappa shape index (κ2) is 9.89. The number of methoxy groups -OCH3 is 1. The lowest BCUT2D eigenvalue weighted by atomic mass is 10.1. The molecule has 6 nitrogen and oxygen atoms in total. The van der Waals surface area contributed by atoms with Crippen molar-refractivity contribution in [3.8, 4) is 17.2 Å². The SMILES string of the molecule is COc1ccc(C)cc1NC(=O)[C@@H](Sc1nnc(-c2cccc(Cl)c2)o1)c1ccccc1. The van der Waals surface area contributed by atoms with Crippen LogP contribution >= 0.6 is 23.4 Å². The number of carbonyl (C=O) groups excluding carboxylic acids is 1. The maximum absolute atomic E-state index is 13.3. The van der Waals surface area contributed by atoms with Gasteiger partial charge in [0.1, 0.15) is 11.0 Å². The van der Waals surface area contributed by atoms with Gasteiger partial charge in [0, 0.05) is 10.6 Å². The topological polar surface area (TPSA) is 77.2 Å². The van der Waals surface area contributed by atoms with E-state index in [2.05, 4.69) is 15.5 Å². The van der Waals surface area contributed by atoms with E-state index in [0.29, 0.717) is 27.9 Å². The van der Waals surface area contributed by atoms with Crippen LogP contribution in [-0.2, 0) is 4.79 Å². The Kier molecular flexibility index (Phi) is 6.78. The number of rotatable bonds is 7. The highest BCUT2D eigenvalue weighted by Gasteiger charge is 2.26. The minimum Gasteiger partial charge on any atom is -0.495 e. The second-order valence-corrected chi connectivity index (χ2v) is 8.48. The second-order valence-electron chi connectivity index (χ2n) is 6.99. The number of thioether (sulfide) groups is 1. The summed E-state index contributed by atoms with van der Waals surface area (Å²) in [6.07, 6.45) is 0. The van der Waals surface area contributed by atoms with Crippen LogP contribution in [0, 0.1) is 6.92 Å². The number of nitrogens with zero attached hydrogens (tertiary/aromatic N) is 2. The number of nitrogens with one attached hydrogen (secondary N) is 1. The molecule has 0 spiro atoms. The van der Waals surface area contributed by atoms with E-state index in [-0.39, 0.29) is 11.1 Å². The predicted octanol–water partition coefficient (Wildman–Crippen LogP) is 6.18. The fourth-order valence-electron chi connectivity index (χ4n) is 3.11. The van der Waals surface area contributed by atoms with E-state index in [1.807, 2.05) is 67.6 Å². The van der Waals surface area contributed by atoms with Crippen molar-refractivity contribution < 1.29 is 13.9 Å². The third kappa shape index (κ3) is 5.12. The van der Waals surface area contributed by atoms with Gasteiger partial charge in [0.25, 0.3) is 5.22 Å². The van der Waals surface area contributed by atoms with Crippen LogP contribution < -0.4 is 10.1 Å². The molecule has 0 fully saturated rings. The van der Waals surface area contributed by atoms with Crippen molar-refractivity contribution in [2.45, 2.75) is 17.4 Å². The summed E-state index contributed by atoms with van der Waals surface area (Å²) < 4.78 is 11.2. The Morgan fingerprint density at radius 2 is 1.88 bits per heavy atom. The number of aryl methyl sites for hydroxylation is 1. The highest BCUT2D eigenvalue weighted by atomic mass is 35.5. The van der Waals surface area contributed by atoms with E-state index < -0.39 is 5.25 Å². The Morgan fingerprint density at radius 3 is 2.62 bits per heavy atom. The number of amides is 1. The van der Waals surface area contributed by atoms with E-state index in [0.717, 1.165) is 11.1 Å². The van der Waals surface area contributed by atoms with Crippen LogP contribution in [0.3, 0.4) is 0 Å². The fraction of sp³-hybridized carbons (Fsp3) is 0.125. The molecule has 3 aromatic carbocycles. The molecular formula is C24H20ClN3O3S. The number of anilines is 1. The number of benzene rings is 3. The third-order valence-electron chi connectivity index (χ3n) is 4.65. The Labute approximate surface area is 195 Å². The van der Waals surface area contributed by atoms with Gasteiger partial charge in [-0.3, -0.25) is 4.79 Å². The zero-order valence-corrected chi connectivity index (χ0v) is 19.0. The van der Waals surface area contributed by atoms with Gasteiger partial charge in [-0.1, -0.05) is 54.1 Å². The van der Waals surface area contributed by atoms with Crippen molar-refractivity contribution in [2.75, 3.05) is 12.4 Å². The maximum atomic E-state index is 13.3. The third-order valence-corrected chi connectivity index (χ3v) is 5.97. The van der Waals surface area contributed by atoms with Crippen LogP contribution in [0.4, 0.5) is 5.69 Å². The number of hydrogen-bond acceptors (Lipinski definition) is 6. The molecule has 0 unspecified atom stereocenters. The van der Waals surface area contributed by atoms with Crippen LogP contribution in [0.15, 0.2) is 82.4 Å². The quantitative estimate of drug-likeness (QED) is 0.328. The molecule has 0 aliphatic heterocycles. The summed E-state index contributed by atoms with van der Waals surface area (Å²) in [7, 11) is 1.57. The predicted molar refractivity (Wildman–Crippen MR) is 126 cm³/mol. The van der Waals surface area contributed by atoms with E-state index in [9.17, 15) is 4.79 Å². The van der Waals surface area contributed by atoms with Crippen molar-refractivity contribution in [3.63, 3.8) is 0 Å². The molecule has 1 amide bonds. The van der Waals surface area contributed by atoms with Crippen LogP contribution in [0.2, 0.25) is 5.02 Å². The highest BCUT2D eigenvalue weighted by Crippen LogP contribution is 2.37. The van der Waals surface area contributed by atoms with Crippen molar-refractivity contribution in [3.05, 3.63) is 88.9 Å². The number of hydrogen-bond donors (Lipinski definition) is 1. The molecule has 1 heterocycles. The number of ether oxygens (including phenoxy) is 1. The lowest BCUT2D eigenvalue weighted by Crippen LogP contribution is -2.19. The van der Waals surface area contributed by atoms with Gasteiger partial charge in [0.05, 0.1) is 12.8 Å². The normalized spacial score (nSPS) is 11.7. The summed E-state index contributed by atoms with van der Waals surface area (Å²) in [4.78, 5) is 13.3. The van der Waals surface area contributed by atoms with Crippen molar-refractivity contribution >= 4 is 35.0 Å². The Morgan fingerprint density at radius 1 is 1.06 bits per heavy atom. The van der Waals surface area contributed by atoms with Crippen molar-refractivity contribution in [1.29, 1.82) is 0 Å². The standard InChI is InChI=1S/C24H20ClN3O3S/c1-15-11-12-20(30-2)19(13-15)26-22(29)21(16-7-4-3-5-8-16)32-24-28-27-23(31-24)17-9-6-10-18(25)14-17/h3-14,21H,1-2H3,(H,26,29)/t21-/m0/s1. The molecule has 0 bridgehead atoms. The molecule has 0 saturated carbocycles. The first kappa shape index (κ1) is 21.9. The molecule has 32 heavy (non-hydrogen) atoms. The average molecular weight is 466 g/mol. The smallest absolute Gasteiger partial charge is 0.277 e. The zero-order chi connectivity index (χ0) is 22.5. The van der Waals surface area contributed by atoms with Gasteiger partial charge in [0.15, 0.2) is 0 Å². The molecule has 0 aliphatic rings. The van der Waals surface area contributed by atoms with Crippen molar-refractivity contribution in [1.82, 2.24) is 10.2 Å². The first-order valence-corrected chi connectivity index (χ1v) is 11.1. The summed E-state index contributed by atoms with van der Waals surface area (Å²) >= 11 is 7.24. The van der Waals surface area contributed by atoms with Crippen molar-refractivity contribution in [2.24, 2.45) is 0 Å². The lowest BCUT2D eigenvalue weighted by Gasteiger charge is -2.17. The largest absolute Gasteiger partial charge is 0.495 e. The van der Waals surface area contributed by atoms with Gasteiger partial charge in [-0.05, 0) is 60.1 Å². The summed E-state index contributed by atoms with van der Waals surface area (Å²) in [6.45, 7) is 1.95.